The molecule has 1 atom stereocenters. The van der Waals surface area contributed by atoms with E-state index in [0.29, 0.717) is 31.1 Å². The van der Waals surface area contributed by atoms with Gasteiger partial charge in [-0.3, -0.25) is 0 Å². The van der Waals surface area contributed by atoms with E-state index in [0.717, 1.165) is 0 Å². The Kier molecular flexibility index (Phi) is 6.27. The fourth-order valence-corrected chi connectivity index (χ4v) is 3.94. The fourth-order valence-electron chi connectivity index (χ4n) is 2.24. The normalized spacial score (nSPS) is 19.7. The average molecular weight is 337 g/mol. The van der Waals surface area contributed by atoms with Crippen LogP contribution in [0.15, 0.2) is 23.1 Å². The minimum Gasteiger partial charge on any atom is -0.497 e. The van der Waals surface area contributed by atoms with Crippen molar-refractivity contribution in [1.82, 2.24) is 9.62 Å². The number of hydrogen-bond acceptors (Lipinski definition) is 5. The number of piperazine rings is 1. The van der Waals surface area contributed by atoms with Crippen molar-refractivity contribution in [1.29, 1.82) is 0 Å². The number of ether oxygens (including phenoxy) is 2. The molecule has 0 saturated carbocycles. The Morgan fingerprint density at radius 1 is 1.29 bits per heavy atom. The predicted octanol–water partition coefficient (Wildman–Crippen LogP) is 1.11. The summed E-state index contributed by atoms with van der Waals surface area (Å²) in [5, 5.41) is 3.22. The van der Waals surface area contributed by atoms with Gasteiger partial charge in [-0.05, 0) is 19.1 Å². The Hall–Kier alpha value is -1.02. The first kappa shape index (κ1) is 18.0. The van der Waals surface area contributed by atoms with Crippen LogP contribution in [0.3, 0.4) is 0 Å². The number of benzene rings is 1. The average Bonchev–Trinajstić information content (AvgIpc) is 2.46. The van der Waals surface area contributed by atoms with Crippen molar-refractivity contribution in [2.24, 2.45) is 0 Å². The third kappa shape index (κ3) is 3.79. The Balaban J connectivity index is 0.00000220. The molecule has 0 aliphatic carbocycles. The molecule has 1 aromatic rings. The lowest BCUT2D eigenvalue weighted by Gasteiger charge is -2.31. The Bertz CT molecular complexity index is 580. The lowest BCUT2D eigenvalue weighted by atomic mass is 10.3. The Morgan fingerprint density at radius 3 is 2.57 bits per heavy atom. The lowest BCUT2D eigenvalue weighted by Crippen LogP contribution is -2.51. The molecule has 0 radical (unpaired) electrons. The van der Waals surface area contributed by atoms with Crippen LogP contribution in [0.5, 0.6) is 11.5 Å². The summed E-state index contributed by atoms with van der Waals surface area (Å²) in [6, 6.07) is 4.92. The van der Waals surface area contributed by atoms with Crippen molar-refractivity contribution in [2.75, 3.05) is 33.9 Å². The van der Waals surface area contributed by atoms with Crippen LogP contribution in [-0.4, -0.2) is 52.6 Å². The second-order valence-electron chi connectivity index (χ2n) is 4.74. The monoisotopic (exact) mass is 336 g/mol. The van der Waals surface area contributed by atoms with Gasteiger partial charge >= 0.3 is 0 Å². The molecule has 120 valence electrons. The van der Waals surface area contributed by atoms with E-state index in [2.05, 4.69) is 5.32 Å². The summed E-state index contributed by atoms with van der Waals surface area (Å²) < 4.78 is 37.2. The van der Waals surface area contributed by atoms with Gasteiger partial charge in [0.2, 0.25) is 10.0 Å². The van der Waals surface area contributed by atoms with Gasteiger partial charge < -0.3 is 14.8 Å². The van der Waals surface area contributed by atoms with Crippen molar-refractivity contribution in [3.8, 4) is 11.5 Å². The summed E-state index contributed by atoms with van der Waals surface area (Å²) in [7, 11) is -0.617. The zero-order valence-corrected chi connectivity index (χ0v) is 14.0. The van der Waals surface area contributed by atoms with E-state index in [1.54, 1.807) is 12.1 Å². The summed E-state index contributed by atoms with van der Waals surface area (Å²) >= 11 is 0. The van der Waals surface area contributed by atoms with Crippen LogP contribution in [0.4, 0.5) is 0 Å². The SMILES string of the molecule is COc1ccc(OC)c(S(=O)(=O)N2CCN[C@@H](C)C2)c1.Cl. The molecule has 0 spiro atoms. The molecule has 0 amide bonds. The fraction of sp³-hybridized carbons (Fsp3) is 0.538. The summed E-state index contributed by atoms with van der Waals surface area (Å²) in [5.74, 6) is 0.824. The molecule has 1 saturated heterocycles. The number of rotatable bonds is 4. The van der Waals surface area contributed by atoms with Gasteiger partial charge in [-0.2, -0.15) is 4.31 Å². The van der Waals surface area contributed by atoms with Gasteiger partial charge in [0.05, 0.1) is 14.2 Å². The van der Waals surface area contributed by atoms with Crippen LogP contribution >= 0.6 is 12.4 Å². The molecule has 6 nitrogen and oxygen atoms in total. The molecule has 8 heteroatoms. The highest BCUT2D eigenvalue weighted by Crippen LogP contribution is 2.30. The highest BCUT2D eigenvalue weighted by Gasteiger charge is 2.31. The summed E-state index contributed by atoms with van der Waals surface area (Å²) in [5.41, 5.74) is 0. The maximum Gasteiger partial charge on any atom is 0.246 e. The molecule has 1 fully saturated rings. The lowest BCUT2D eigenvalue weighted by molar-refractivity contribution is 0.308. The smallest absolute Gasteiger partial charge is 0.246 e. The third-order valence-electron chi connectivity index (χ3n) is 3.32. The first-order chi connectivity index (χ1) is 9.48. The quantitative estimate of drug-likeness (QED) is 0.892. The van der Waals surface area contributed by atoms with Gasteiger partial charge in [0.15, 0.2) is 0 Å². The van der Waals surface area contributed by atoms with E-state index >= 15 is 0 Å². The van der Waals surface area contributed by atoms with Crippen molar-refractivity contribution in [2.45, 2.75) is 17.9 Å². The minimum absolute atomic E-state index is 0. The second kappa shape index (κ2) is 7.31. The van der Waals surface area contributed by atoms with Crippen LogP contribution in [0.2, 0.25) is 0 Å². The van der Waals surface area contributed by atoms with Crippen LogP contribution in [-0.2, 0) is 10.0 Å². The van der Waals surface area contributed by atoms with Crippen LogP contribution in [0.1, 0.15) is 6.92 Å². The standard InChI is InChI=1S/C13H20N2O4S.ClH/c1-10-9-15(7-6-14-10)20(16,17)13-8-11(18-2)4-5-12(13)19-3;/h4-5,8,10,14H,6-7,9H2,1-3H3;1H/t10-;/m0./s1. The zero-order chi connectivity index (χ0) is 14.8. The molecule has 1 aliphatic rings. The van der Waals surface area contributed by atoms with Crippen LogP contribution < -0.4 is 14.8 Å². The molecular formula is C13H21ClN2O4S. The van der Waals surface area contributed by atoms with Gasteiger partial charge in [-0.15, -0.1) is 12.4 Å². The van der Waals surface area contributed by atoms with Crippen molar-refractivity contribution in [3.05, 3.63) is 18.2 Å². The highest BCUT2D eigenvalue weighted by atomic mass is 35.5. The molecule has 2 rings (SSSR count). The van der Waals surface area contributed by atoms with Crippen molar-refractivity contribution < 1.29 is 17.9 Å². The maximum atomic E-state index is 12.7. The molecule has 1 N–H and O–H groups in total. The minimum atomic E-state index is -3.58. The Labute approximate surface area is 131 Å². The number of sulfonamides is 1. The maximum absolute atomic E-state index is 12.7. The molecule has 1 aliphatic heterocycles. The molecule has 0 bridgehead atoms. The first-order valence-corrected chi connectivity index (χ1v) is 7.88. The molecule has 1 heterocycles. The number of nitrogens with zero attached hydrogens (tertiary/aromatic N) is 1. The first-order valence-electron chi connectivity index (χ1n) is 6.44. The third-order valence-corrected chi connectivity index (χ3v) is 5.21. The van der Waals surface area contributed by atoms with Crippen molar-refractivity contribution >= 4 is 22.4 Å². The largest absolute Gasteiger partial charge is 0.497 e. The van der Waals surface area contributed by atoms with Gasteiger partial charge in [-0.1, -0.05) is 0 Å². The zero-order valence-electron chi connectivity index (χ0n) is 12.3. The van der Waals surface area contributed by atoms with Crippen molar-refractivity contribution in [3.63, 3.8) is 0 Å². The molecule has 21 heavy (non-hydrogen) atoms. The number of methoxy groups -OCH3 is 2. The van der Waals surface area contributed by atoms with E-state index in [1.165, 1.54) is 24.6 Å². The van der Waals surface area contributed by atoms with Crippen LogP contribution in [0, 0.1) is 0 Å². The number of hydrogen-bond donors (Lipinski definition) is 1. The molecule has 0 aromatic heterocycles. The summed E-state index contributed by atoms with van der Waals surface area (Å²) in [6.07, 6.45) is 0. The highest BCUT2D eigenvalue weighted by molar-refractivity contribution is 7.89. The van der Waals surface area contributed by atoms with E-state index in [-0.39, 0.29) is 23.3 Å². The summed E-state index contributed by atoms with van der Waals surface area (Å²) in [6.45, 7) is 3.51. The van der Waals surface area contributed by atoms with E-state index in [9.17, 15) is 8.42 Å². The topological polar surface area (TPSA) is 67.9 Å². The Morgan fingerprint density at radius 2 is 2.00 bits per heavy atom. The van der Waals surface area contributed by atoms with Gasteiger partial charge in [0.25, 0.3) is 0 Å². The summed E-state index contributed by atoms with van der Waals surface area (Å²) in [4.78, 5) is 0.147. The molecule has 1 aromatic carbocycles. The van der Waals surface area contributed by atoms with Gasteiger partial charge in [-0.25, -0.2) is 8.42 Å². The molecule has 0 unspecified atom stereocenters. The number of halogens is 1. The predicted molar refractivity (Wildman–Crippen MR) is 83.0 cm³/mol. The van der Waals surface area contributed by atoms with E-state index in [4.69, 9.17) is 9.47 Å². The number of nitrogens with one attached hydrogen (secondary N) is 1. The second-order valence-corrected chi connectivity index (χ2v) is 6.64. The van der Waals surface area contributed by atoms with E-state index < -0.39 is 10.0 Å². The van der Waals surface area contributed by atoms with Crippen LogP contribution in [0.25, 0.3) is 0 Å². The van der Waals surface area contributed by atoms with Gasteiger partial charge in [0, 0.05) is 31.7 Å². The van der Waals surface area contributed by atoms with Gasteiger partial charge in [0.1, 0.15) is 16.4 Å². The molecular weight excluding hydrogens is 316 g/mol. The van der Waals surface area contributed by atoms with E-state index in [1.807, 2.05) is 6.92 Å².